The van der Waals surface area contributed by atoms with Crippen molar-refractivity contribution in [3.8, 4) is 6.01 Å². The summed E-state index contributed by atoms with van der Waals surface area (Å²) in [6.45, 7) is 7.42. The van der Waals surface area contributed by atoms with Crippen LogP contribution in [0.5, 0.6) is 6.01 Å². The molecule has 1 atom stereocenters. The van der Waals surface area contributed by atoms with E-state index in [1.807, 2.05) is 30.3 Å². The number of nitrogen functional groups attached to an aromatic ring is 1. The molecule has 0 radical (unpaired) electrons. The van der Waals surface area contributed by atoms with Crippen molar-refractivity contribution in [1.29, 1.82) is 0 Å². The van der Waals surface area contributed by atoms with Crippen molar-refractivity contribution in [3.63, 3.8) is 0 Å². The van der Waals surface area contributed by atoms with Crippen molar-refractivity contribution in [2.24, 2.45) is 0 Å². The number of aliphatic hydroxyl groups is 1. The van der Waals surface area contributed by atoms with Gasteiger partial charge in [0.05, 0.1) is 13.2 Å². The summed E-state index contributed by atoms with van der Waals surface area (Å²) in [5.41, 5.74) is 7.40. The molecule has 4 N–H and O–H groups in total. The maximum Gasteiger partial charge on any atom is 0.328 e. The summed E-state index contributed by atoms with van der Waals surface area (Å²) in [6.07, 6.45) is 1.35. The fraction of sp³-hybridized carbons (Fsp3) is 0.450. The van der Waals surface area contributed by atoms with Gasteiger partial charge in [-0.25, -0.2) is 4.79 Å². The van der Waals surface area contributed by atoms with Crippen LogP contribution in [0.15, 0.2) is 35.1 Å². The molecule has 1 unspecified atom stereocenters. The molecule has 0 spiro atoms. The van der Waals surface area contributed by atoms with Crippen LogP contribution in [-0.2, 0) is 11.3 Å². The number of anilines is 1. The van der Waals surface area contributed by atoms with E-state index < -0.39 is 0 Å². The first-order chi connectivity index (χ1) is 14.5. The number of benzene rings is 1. The van der Waals surface area contributed by atoms with Crippen LogP contribution in [0.2, 0.25) is 0 Å². The molecule has 0 saturated carbocycles. The summed E-state index contributed by atoms with van der Waals surface area (Å²) in [7, 11) is 2.72. The molecular weight excluding hydrogens is 405 g/mol. The number of imidazole rings is 1. The molecule has 2 heterocycles. The van der Waals surface area contributed by atoms with Crippen molar-refractivity contribution < 1.29 is 14.6 Å². The second kappa shape index (κ2) is 14.5. The largest absolute Gasteiger partial charge is 0.461 e. The van der Waals surface area contributed by atoms with E-state index in [2.05, 4.69) is 28.5 Å². The van der Waals surface area contributed by atoms with Crippen LogP contribution in [0.25, 0.3) is 11.2 Å². The van der Waals surface area contributed by atoms with Gasteiger partial charge in [-0.2, -0.15) is 9.97 Å². The maximum absolute atomic E-state index is 12.2. The van der Waals surface area contributed by atoms with Crippen molar-refractivity contribution in [2.45, 2.75) is 20.4 Å². The average Bonchev–Trinajstić information content (AvgIpc) is 3.06. The number of fused-ring (bicyclic) bond motifs is 1. The summed E-state index contributed by atoms with van der Waals surface area (Å²) in [5.74, 6) is 0.173. The van der Waals surface area contributed by atoms with E-state index in [-0.39, 0.29) is 24.1 Å². The van der Waals surface area contributed by atoms with Gasteiger partial charge in [0.25, 0.3) is 0 Å². The quantitative estimate of drug-likeness (QED) is 0.381. The van der Waals surface area contributed by atoms with Crippen LogP contribution in [0.3, 0.4) is 0 Å². The second-order valence-corrected chi connectivity index (χ2v) is 7.37. The van der Waals surface area contributed by atoms with Gasteiger partial charge in [-0.15, -0.1) is 8.58 Å². The van der Waals surface area contributed by atoms with Gasteiger partial charge in [-0.05, 0) is 25.3 Å². The first-order valence-corrected chi connectivity index (χ1v) is 11.4. The number of nitrogens with two attached hydrogens (primary N) is 1. The minimum absolute atomic E-state index is 0.118. The molecule has 0 bridgehead atoms. The number of hydrogen-bond acceptors (Lipinski definition) is 7. The van der Waals surface area contributed by atoms with E-state index in [9.17, 15) is 4.79 Å². The van der Waals surface area contributed by atoms with Crippen molar-refractivity contribution >= 4 is 25.6 Å². The Labute approximate surface area is 178 Å². The molecular formula is C20H32N5O4P. The van der Waals surface area contributed by atoms with Gasteiger partial charge < -0.3 is 25.3 Å². The van der Waals surface area contributed by atoms with Gasteiger partial charge in [-0.3, -0.25) is 4.57 Å². The third kappa shape index (κ3) is 8.10. The predicted molar refractivity (Wildman–Crippen MR) is 123 cm³/mol. The molecule has 3 aromatic rings. The lowest BCUT2D eigenvalue weighted by Gasteiger charge is -2.06. The standard InChI is InChI=1S/C15H17N5O3.C3H9P.C2H6O/c1-22-7-8-23-14-18-12(16)11-13(19-14)20(15(21)17-11)9-10-5-3-2-4-6-10;1-3-4-2;1-2-3/h2-6H,7-9H2,1H3,(H,17,21)(H2,16,18,19);4H,3H2,1-2H3;3H,2H2,1H3. The van der Waals surface area contributed by atoms with Crippen molar-refractivity contribution in [2.75, 3.05) is 45.5 Å². The van der Waals surface area contributed by atoms with Crippen molar-refractivity contribution in [1.82, 2.24) is 19.5 Å². The molecule has 0 aliphatic rings. The Hall–Kier alpha value is -2.48. The molecule has 3 rings (SSSR count). The number of nitrogens with one attached hydrogen (secondary N) is 1. The van der Waals surface area contributed by atoms with E-state index in [0.717, 1.165) is 14.1 Å². The number of ether oxygens (including phenoxy) is 2. The SMILES string of the molecule is CCO.CCPC.COCCOc1nc(N)c2[nH]c(=O)n(Cc3ccccc3)c2n1. The van der Waals surface area contributed by atoms with E-state index in [1.54, 1.807) is 14.0 Å². The number of aliphatic hydroxyl groups excluding tert-OH is 1. The molecule has 0 saturated heterocycles. The van der Waals surface area contributed by atoms with Crippen LogP contribution in [0, 0.1) is 0 Å². The van der Waals surface area contributed by atoms with Crippen LogP contribution in [0.1, 0.15) is 19.4 Å². The first kappa shape index (κ1) is 25.6. The topological polar surface area (TPSA) is 128 Å². The zero-order valence-electron chi connectivity index (χ0n) is 18.0. The Morgan fingerprint density at radius 1 is 1.20 bits per heavy atom. The smallest absolute Gasteiger partial charge is 0.328 e. The van der Waals surface area contributed by atoms with Gasteiger partial charge in [0.15, 0.2) is 11.5 Å². The summed E-state index contributed by atoms with van der Waals surface area (Å²) in [5, 5.41) is 7.57. The normalized spacial score (nSPS) is 10.4. The third-order valence-corrected chi connectivity index (χ3v) is 4.39. The Morgan fingerprint density at radius 2 is 1.83 bits per heavy atom. The highest BCUT2D eigenvalue weighted by Gasteiger charge is 2.14. The number of aromatic nitrogens is 4. The highest BCUT2D eigenvalue weighted by Crippen LogP contribution is 2.18. The lowest BCUT2D eigenvalue weighted by molar-refractivity contribution is 0.141. The number of rotatable bonds is 7. The summed E-state index contributed by atoms with van der Waals surface area (Å²) >= 11 is 0. The fourth-order valence-corrected chi connectivity index (χ4v) is 2.22. The molecule has 2 aromatic heterocycles. The zero-order chi connectivity index (χ0) is 22.4. The van der Waals surface area contributed by atoms with Crippen LogP contribution >= 0.6 is 8.58 Å². The Bertz CT molecular complexity index is 913. The minimum Gasteiger partial charge on any atom is -0.461 e. The average molecular weight is 437 g/mol. The van der Waals surface area contributed by atoms with Crippen LogP contribution in [-0.4, -0.2) is 64.4 Å². The molecule has 0 amide bonds. The van der Waals surface area contributed by atoms with Crippen LogP contribution < -0.4 is 16.2 Å². The number of H-pyrrole nitrogens is 1. The number of hydrogen-bond donors (Lipinski definition) is 3. The number of aromatic amines is 1. The second-order valence-electron chi connectivity index (χ2n) is 5.96. The van der Waals surface area contributed by atoms with Crippen molar-refractivity contribution in [3.05, 3.63) is 46.4 Å². The molecule has 0 fully saturated rings. The third-order valence-electron chi connectivity index (χ3n) is 3.69. The number of nitrogens with zero attached hydrogens (tertiary/aromatic N) is 3. The fourth-order valence-electron chi connectivity index (χ4n) is 2.22. The molecule has 0 aliphatic carbocycles. The van der Waals surface area contributed by atoms with Gasteiger partial charge in [0.2, 0.25) is 0 Å². The Balaban J connectivity index is 0.000000564. The molecule has 166 valence electrons. The monoisotopic (exact) mass is 437 g/mol. The Kier molecular flexibility index (Phi) is 12.3. The van der Waals surface area contributed by atoms with Gasteiger partial charge in [0, 0.05) is 13.7 Å². The van der Waals surface area contributed by atoms with E-state index >= 15 is 0 Å². The predicted octanol–water partition coefficient (Wildman–Crippen LogP) is 2.09. The first-order valence-electron chi connectivity index (χ1n) is 9.69. The van der Waals surface area contributed by atoms with Gasteiger partial charge >= 0.3 is 11.7 Å². The van der Waals surface area contributed by atoms with E-state index in [4.69, 9.17) is 20.3 Å². The maximum atomic E-state index is 12.2. The van der Waals surface area contributed by atoms with Gasteiger partial charge in [0.1, 0.15) is 12.1 Å². The molecule has 0 aliphatic heterocycles. The summed E-state index contributed by atoms with van der Waals surface area (Å²) in [4.78, 5) is 23.2. The molecule has 10 heteroatoms. The lowest BCUT2D eigenvalue weighted by Crippen LogP contribution is -2.17. The minimum atomic E-state index is -0.293. The molecule has 1 aromatic carbocycles. The highest BCUT2D eigenvalue weighted by molar-refractivity contribution is 7.36. The number of methoxy groups -OCH3 is 1. The molecule has 9 nitrogen and oxygen atoms in total. The summed E-state index contributed by atoms with van der Waals surface area (Å²) in [6, 6.07) is 9.74. The highest BCUT2D eigenvalue weighted by atomic mass is 31.1. The zero-order valence-corrected chi connectivity index (χ0v) is 19.0. The van der Waals surface area contributed by atoms with E-state index in [0.29, 0.717) is 30.9 Å². The van der Waals surface area contributed by atoms with E-state index in [1.165, 1.54) is 10.7 Å². The Morgan fingerprint density at radius 3 is 2.40 bits per heavy atom. The lowest BCUT2D eigenvalue weighted by atomic mass is 10.2. The van der Waals surface area contributed by atoms with Gasteiger partial charge in [-0.1, -0.05) is 37.3 Å². The van der Waals surface area contributed by atoms with Crippen LogP contribution in [0.4, 0.5) is 5.82 Å². The molecule has 30 heavy (non-hydrogen) atoms. The summed E-state index contributed by atoms with van der Waals surface area (Å²) < 4.78 is 11.8.